The van der Waals surface area contributed by atoms with Gasteiger partial charge in [-0.05, 0) is 25.6 Å². The van der Waals surface area contributed by atoms with Crippen molar-refractivity contribution >= 4 is 10.9 Å². The first-order valence-electron chi connectivity index (χ1n) is 8.04. The van der Waals surface area contributed by atoms with Crippen molar-refractivity contribution in [2.75, 3.05) is 7.05 Å². The highest BCUT2D eigenvalue weighted by atomic mass is 16.5. The molecule has 1 aromatic carbocycles. The quantitative estimate of drug-likeness (QED) is 0.604. The first kappa shape index (κ1) is 15.5. The van der Waals surface area contributed by atoms with Crippen LogP contribution in [0.3, 0.4) is 0 Å². The number of hydrogen-bond donors (Lipinski definition) is 1. The molecule has 3 aromatic heterocycles. The van der Waals surface area contributed by atoms with E-state index in [0.29, 0.717) is 24.0 Å². The third-order valence-electron chi connectivity index (χ3n) is 4.16. The highest BCUT2D eigenvalue weighted by Gasteiger charge is 2.14. The van der Waals surface area contributed by atoms with Crippen molar-refractivity contribution in [3.63, 3.8) is 0 Å². The number of aromatic amines is 1. The van der Waals surface area contributed by atoms with Crippen LogP contribution in [0.1, 0.15) is 17.1 Å². The van der Waals surface area contributed by atoms with Gasteiger partial charge in [-0.25, -0.2) is 4.98 Å². The highest BCUT2D eigenvalue weighted by molar-refractivity contribution is 5.84. The summed E-state index contributed by atoms with van der Waals surface area (Å²) in [6.07, 6.45) is 4.84. The number of nitrogens with one attached hydrogen (secondary N) is 1. The summed E-state index contributed by atoms with van der Waals surface area (Å²) in [5.74, 6) is 1.01. The van der Waals surface area contributed by atoms with E-state index < -0.39 is 0 Å². The molecule has 1 N–H and O–H groups in total. The molecule has 0 atom stereocenters. The van der Waals surface area contributed by atoms with Crippen LogP contribution in [-0.4, -0.2) is 37.0 Å². The van der Waals surface area contributed by atoms with Gasteiger partial charge in [0, 0.05) is 35.5 Å². The Morgan fingerprint density at radius 2 is 2.04 bits per heavy atom. The second-order valence-corrected chi connectivity index (χ2v) is 6.05. The summed E-state index contributed by atoms with van der Waals surface area (Å²) in [4.78, 5) is 18.2. The molecule has 0 aliphatic rings. The summed E-state index contributed by atoms with van der Waals surface area (Å²) in [6, 6.07) is 8.33. The van der Waals surface area contributed by atoms with E-state index in [2.05, 4.69) is 55.1 Å². The number of fused-ring (bicyclic) bond motifs is 1. The second kappa shape index (κ2) is 6.45. The van der Waals surface area contributed by atoms with Crippen molar-refractivity contribution in [3.8, 4) is 11.5 Å². The molecular weight excluding hydrogens is 316 g/mol. The zero-order chi connectivity index (χ0) is 17.2. The Balaban J connectivity index is 1.48. The molecule has 0 fully saturated rings. The van der Waals surface area contributed by atoms with Gasteiger partial charge < -0.3 is 9.51 Å². The average Bonchev–Trinajstić information content (AvgIpc) is 3.21. The van der Waals surface area contributed by atoms with Crippen molar-refractivity contribution in [1.29, 1.82) is 0 Å². The number of hydrogen-bond acceptors (Lipinski definition) is 6. The lowest BCUT2D eigenvalue weighted by Crippen LogP contribution is -2.18. The maximum atomic E-state index is 5.34. The number of aryl methyl sites for hydroxylation is 1. The molecule has 4 aromatic rings. The van der Waals surface area contributed by atoms with Gasteiger partial charge in [0.05, 0.1) is 12.7 Å². The first-order chi connectivity index (χ1) is 12.2. The van der Waals surface area contributed by atoms with E-state index >= 15 is 0 Å². The fraction of sp³-hybridized carbons (Fsp3) is 0.222. The van der Waals surface area contributed by atoms with E-state index in [-0.39, 0.29) is 0 Å². The Bertz CT molecular complexity index is 991. The van der Waals surface area contributed by atoms with Gasteiger partial charge in [0.2, 0.25) is 11.7 Å². The average molecular weight is 334 g/mol. The topological polar surface area (TPSA) is 83.7 Å². The van der Waals surface area contributed by atoms with E-state index in [9.17, 15) is 0 Å². The van der Waals surface area contributed by atoms with Crippen molar-refractivity contribution in [3.05, 3.63) is 60.0 Å². The Kier molecular flexibility index (Phi) is 3.99. The van der Waals surface area contributed by atoms with Crippen LogP contribution in [0.5, 0.6) is 0 Å². The highest BCUT2D eigenvalue weighted by Crippen LogP contribution is 2.22. The lowest BCUT2D eigenvalue weighted by atomic mass is 10.1. The molecule has 7 nitrogen and oxygen atoms in total. The SMILES string of the molecule is Cc1c(CN(C)Cc2nc(-c3cnccn3)no2)[nH]c2ccccc12. The number of rotatable bonds is 5. The first-order valence-corrected chi connectivity index (χ1v) is 8.04. The van der Waals surface area contributed by atoms with E-state index in [1.54, 1.807) is 18.6 Å². The number of aromatic nitrogens is 5. The van der Waals surface area contributed by atoms with Crippen LogP contribution in [0, 0.1) is 6.92 Å². The van der Waals surface area contributed by atoms with Crippen LogP contribution in [0.25, 0.3) is 22.4 Å². The van der Waals surface area contributed by atoms with Gasteiger partial charge in [0.25, 0.3) is 0 Å². The van der Waals surface area contributed by atoms with E-state index in [4.69, 9.17) is 4.52 Å². The summed E-state index contributed by atoms with van der Waals surface area (Å²) in [5, 5.41) is 5.23. The van der Waals surface area contributed by atoms with E-state index in [1.165, 1.54) is 16.6 Å². The van der Waals surface area contributed by atoms with Crippen molar-refractivity contribution in [2.24, 2.45) is 0 Å². The summed E-state index contributed by atoms with van der Waals surface area (Å²) >= 11 is 0. The number of benzene rings is 1. The molecule has 3 heterocycles. The molecule has 0 aliphatic carbocycles. The smallest absolute Gasteiger partial charge is 0.241 e. The molecule has 126 valence electrons. The molecule has 0 amide bonds. The van der Waals surface area contributed by atoms with E-state index in [1.807, 2.05) is 13.1 Å². The third-order valence-corrected chi connectivity index (χ3v) is 4.16. The Morgan fingerprint density at radius 3 is 2.84 bits per heavy atom. The third kappa shape index (κ3) is 3.14. The molecule has 0 saturated carbocycles. The number of nitrogens with zero attached hydrogens (tertiary/aromatic N) is 5. The van der Waals surface area contributed by atoms with Crippen LogP contribution >= 0.6 is 0 Å². The maximum Gasteiger partial charge on any atom is 0.241 e. The van der Waals surface area contributed by atoms with Gasteiger partial charge in [-0.2, -0.15) is 4.98 Å². The molecule has 4 rings (SSSR count). The molecule has 0 spiro atoms. The van der Waals surface area contributed by atoms with Crippen LogP contribution < -0.4 is 0 Å². The van der Waals surface area contributed by atoms with Gasteiger partial charge in [0.1, 0.15) is 5.69 Å². The molecule has 0 saturated heterocycles. The lowest BCUT2D eigenvalue weighted by Gasteiger charge is -2.13. The zero-order valence-corrected chi connectivity index (χ0v) is 14.1. The zero-order valence-electron chi connectivity index (χ0n) is 14.1. The minimum atomic E-state index is 0.457. The molecule has 0 aliphatic heterocycles. The van der Waals surface area contributed by atoms with E-state index in [0.717, 1.165) is 12.1 Å². The van der Waals surface area contributed by atoms with Crippen molar-refractivity contribution in [2.45, 2.75) is 20.0 Å². The summed E-state index contributed by atoms with van der Waals surface area (Å²) in [6.45, 7) is 3.46. The number of para-hydroxylation sites is 1. The van der Waals surface area contributed by atoms with Crippen molar-refractivity contribution < 1.29 is 4.52 Å². The molecule has 0 radical (unpaired) electrons. The summed E-state index contributed by atoms with van der Waals surface area (Å²) in [5.41, 5.74) is 4.23. The fourth-order valence-corrected chi connectivity index (χ4v) is 2.89. The van der Waals surface area contributed by atoms with Crippen LogP contribution in [0.4, 0.5) is 0 Å². The van der Waals surface area contributed by atoms with Gasteiger partial charge in [0.15, 0.2) is 0 Å². The Morgan fingerprint density at radius 1 is 1.16 bits per heavy atom. The fourth-order valence-electron chi connectivity index (χ4n) is 2.89. The molecular formula is C18H18N6O. The lowest BCUT2D eigenvalue weighted by molar-refractivity contribution is 0.258. The van der Waals surface area contributed by atoms with Gasteiger partial charge >= 0.3 is 0 Å². The second-order valence-electron chi connectivity index (χ2n) is 6.05. The normalized spacial score (nSPS) is 11.5. The van der Waals surface area contributed by atoms with Crippen LogP contribution in [0.2, 0.25) is 0 Å². The number of H-pyrrole nitrogens is 1. The maximum absolute atomic E-state index is 5.34. The van der Waals surface area contributed by atoms with Gasteiger partial charge in [-0.15, -0.1) is 0 Å². The molecule has 7 heteroatoms. The van der Waals surface area contributed by atoms with Crippen LogP contribution in [0.15, 0.2) is 47.4 Å². The molecule has 25 heavy (non-hydrogen) atoms. The molecule has 0 unspecified atom stereocenters. The molecule has 0 bridgehead atoms. The van der Waals surface area contributed by atoms with Gasteiger partial charge in [-0.3, -0.25) is 9.88 Å². The summed E-state index contributed by atoms with van der Waals surface area (Å²) in [7, 11) is 2.02. The Labute approximate surface area is 144 Å². The Hall–Kier alpha value is -3.06. The minimum absolute atomic E-state index is 0.457. The predicted molar refractivity (Wildman–Crippen MR) is 93.5 cm³/mol. The largest absolute Gasteiger partial charge is 0.357 e. The van der Waals surface area contributed by atoms with Crippen LogP contribution in [-0.2, 0) is 13.1 Å². The van der Waals surface area contributed by atoms with Crippen molar-refractivity contribution in [1.82, 2.24) is 30.0 Å². The monoisotopic (exact) mass is 334 g/mol. The predicted octanol–water partition coefficient (Wildman–Crippen LogP) is 2.95. The minimum Gasteiger partial charge on any atom is -0.357 e. The standard InChI is InChI=1S/C18H18N6O/c1-12-13-5-3-4-6-14(13)21-16(12)10-24(2)11-17-22-18(23-25-17)15-9-19-7-8-20-15/h3-9,21H,10-11H2,1-2H3. The summed E-state index contributed by atoms with van der Waals surface area (Å²) < 4.78 is 5.34. The van der Waals surface area contributed by atoms with Gasteiger partial charge in [-0.1, -0.05) is 23.4 Å².